The maximum Gasteiger partial charge on any atom is 0.0432 e. The molecule has 2 saturated heterocycles. The van der Waals surface area contributed by atoms with Gasteiger partial charge in [-0.2, -0.15) is 10.1 Å². The molecule has 2 aliphatic rings. The molecule has 0 radical (unpaired) electrons. The van der Waals surface area contributed by atoms with Crippen molar-refractivity contribution in [2.24, 2.45) is 0 Å². The van der Waals surface area contributed by atoms with Crippen LogP contribution in [-0.2, 0) is 4.94 Å². The first kappa shape index (κ1) is 17.2. The summed E-state index contributed by atoms with van der Waals surface area (Å²) in [5, 5.41) is 4.58. The number of hydrogen-bond acceptors (Lipinski definition) is 3. The van der Waals surface area contributed by atoms with Crippen molar-refractivity contribution in [3.8, 4) is 0 Å². The van der Waals surface area contributed by atoms with Crippen LogP contribution in [0.3, 0.4) is 0 Å². The van der Waals surface area contributed by atoms with Crippen LogP contribution in [0.1, 0.15) is 93.9 Å². The Bertz CT molecular complexity index is 317. The number of hydrogen-bond donors (Lipinski definition) is 0. The van der Waals surface area contributed by atoms with E-state index >= 15 is 0 Å². The third kappa shape index (κ3) is 3.30. The minimum atomic E-state index is 0.0886. The van der Waals surface area contributed by atoms with Gasteiger partial charge >= 0.3 is 0 Å². The minimum Gasteiger partial charge on any atom is -0.206 e. The molecular formula is C18H36N2O. The summed E-state index contributed by atoms with van der Waals surface area (Å²) in [4.78, 5) is 6.66. The second kappa shape index (κ2) is 5.21. The predicted octanol–water partition coefficient (Wildman–Crippen LogP) is 4.92. The number of rotatable bonds is 2. The van der Waals surface area contributed by atoms with Crippen LogP contribution in [0.25, 0.3) is 0 Å². The molecule has 0 bridgehead atoms. The van der Waals surface area contributed by atoms with Gasteiger partial charge in [-0.05, 0) is 93.9 Å². The quantitative estimate of drug-likeness (QED) is 0.719. The van der Waals surface area contributed by atoms with Gasteiger partial charge in [0.25, 0.3) is 0 Å². The first-order valence-corrected chi connectivity index (χ1v) is 8.67. The summed E-state index contributed by atoms with van der Waals surface area (Å²) in [6.45, 7) is 18.5. The van der Waals surface area contributed by atoms with E-state index in [1.54, 1.807) is 0 Å². The topological polar surface area (TPSA) is 15.7 Å². The van der Waals surface area contributed by atoms with Crippen molar-refractivity contribution in [2.75, 3.05) is 0 Å². The Morgan fingerprint density at radius 1 is 0.524 bits per heavy atom. The average molecular weight is 296 g/mol. The van der Waals surface area contributed by atoms with Crippen LogP contribution in [0, 0.1) is 0 Å². The highest BCUT2D eigenvalue weighted by Crippen LogP contribution is 2.44. The van der Waals surface area contributed by atoms with Gasteiger partial charge in [0.15, 0.2) is 0 Å². The highest BCUT2D eigenvalue weighted by molar-refractivity contribution is 4.96. The Hall–Kier alpha value is -0.120. The summed E-state index contributed by atoms with van der Waals surface area (Å²) < 4.78 is 0. The molecule has 0 aromatic heterocycles. The molecule has 0 N–H and O–H groups in total. The molecule has 0 spiro atoms. The molecule has 124 valence electrons. The highest BCUT2D eigenvalue weighted by Gasteiger charge is 2.49. The molecule has 2 aliphatic heterocycles. The van der Waals surface area contributed by atoms with Gasteiger partial charge in [0.05, 0.1) is 0 Å². The molecule has 2 rings (SSSR count). The largest absolute Gasteiger partial charge is 0.206 e. The van der Waals surface area contributed by atoms with Gasteiger partial charge in [0, 0.05) is 22.2 Å². The standard InChI is InChI=1S/C18H36N2O/c1-15(2)11-9-12-16(3,4)19(15)21-20-17(5,6)13-10-14-18(20,7)8/h9-14H2,1-8H3. The molecule has 0 atom stereocenters. The first-order valence-electron chi connectivity index (χ1n) is 8.67. The third-order valence-corrected chi connectivity index (χ3v) is 5.52. The lowest BCUT2D eigenvalue weighted by molar-refractivity contribution is -0.442. The van der Waals surface area contributed by atoms with Gasteiger partial charge in [-0.3, -0.25) is 0 Å². The van der Waals surface area contributed by atoms with E-state index in [1.807, 2.05) is 0 Å². The van der Waals surface area contributed by atoms with E-state index in [9.17, 15) is 0 Å². The van der Waals surface area contributed by atoms with Crippen molar-refractivity contribution >= 4 is 0 Å². The van der Waals surface area contributed by atoms with Crippen LogP contribution in [0.5, 0.6) is 0 Å². The molecule has 3 heteroatoms. The highest BCUT2D eigenvalue weighted by atomic mass is 16.8. The van der Waals surface area contributed by atoms with Crippen molar-refractivity contribution in [3.63, 3.8) is 0 Å². The van der Waals surface area contributed by atoms with Crippen molar-refractivity contribution in [1.29, 1.82) is 0 Å². The summed E-state index contributed by atoms with van der Waals surface area (Å²) in [5.41, 5.74) is 0.355. The summed E-state index contributed by atoms with van der Waals surface area (Å²) in [6.07, 6.45) is 7.37. The Kier molecular flexibility index (Phi) is 4.28. The summed E-state index contributed by atoms with van der Waals surface area (Å²) in [7, 11) is 0. The Labute approximate surface area is 131 Å². The molecule has 2 heterocycles. The SMILES string of the molecule is CC1(C)CCCC(C)(C)N1ON1C(C)(C)CCCC1(C)C. The van der Waals surface area contributed by atoms with Crippen LogP contribution in [-0.4, -0.2) is 32.3 Å². The van der Waals surface area contributed by atoms with Crippen molar-refractivity contribution < 1.29 is 4.94 Å². The molecular weight excluding hydrogens is 260 g/mol. The van der Waals surface area contributed by atoms with Crippen LogP contribution in [0.4, 0.5) is 0 Å². The Balaban J connectivity index is 2.28. The fourth-order valence-electron chi connectivity index (χ4n) is 4.48. The first-order chi connectivity index (χ1) is 9.39. The maximum atomic E-state index is 6.66. The lowest BCUT2D eigenvalue weighted by Crippen LogP contribution is -2.66. The van der Waals surface area contributed by atoms with Crippen molar-refractivity contribution in [2.45, 2.75) is 116 Å². The van der Waals surface area contributed by atoms with E-state index in [1.165, 1.54) is 38.5 Å². The molecule has 0 aromatic carbocycles. The van der Waals surface area contributed by atoms with Crippen LogP contribution in [0.2, 0.25) is 0 Å². The molecule has 0 saturated carbocycles. The predicted molar refractivity (Wildman–Crippen MR) is 88.8 cm³/mol. The lowest BCUT2D eigenvalue weighted by Gasteiger charge is -2.58. The van der Waals surface area contributed by atoms with Crippen molar-refractivity contribution in [1.82, 2.24) is 10.1 Å². The van der Waals surface area contributed by atoms with E-state index in [0.29, 0.717) is 0 Å². The van der Waals surface area contributed by atoms with Gasteiger partial charge in [-0.25, -0.2) is 4.94 Å². The van der Waals surface area contributed by atoms with Gasteiger partial charge in [-0.15, -0.1) is 0 Å². The number of piperidine rings is 2. The summed E-state index contributed by atoms with van der Waals surface area (Å²) in [5.74, 6) is 0. The van der Waals surface area contributed by atoms with E-state index in [0.717, 1.165) is 0 Å². The van der Waals surface area contributed by atoms with E-state index in [2.05, 4.69) is 65.5 Å². The molecule has 2 fully saturated rings. The second-order valence-electron chi connectivity index (χ2n) is 9.63. The van der Waals surface area contributed by atoms with Crippen LogP contribution in [0.15, 0.2) is 0 Å². The zero-order valence-electron chi connectivity index (χ0n) is 15.5. The summed E-state index contributed by atoms with van der Waals surface area (Å²) >= 11 is 0. The fourth-order valence-corrected chi connectivity index (χ4v) is 4.48. The molecule has 21 heavy (non-hydrogen) atoms. The van der Waals surface area contributed by atoms with Gasteiger partial charge in [0.1, 0.15) is 0 Å². The average Bonchev–Trinajstić information content (AvgIpc) is 2.23. The second-order valence-corrected chi connectivity index (χ2v) is 9.63. The van der Waals surface area contributed by atoms with E-state index in [4.69, 9.17) is 4.94 Å². The maximum absolute atomic E-state index is 6.66. The van der Waals surface area contributed by atoms with Crippen molar-refractivity contribution in [3.05, 3.63) is 0 Å². The minimum absolute atomic E-state index is 0.0886. The zero-order chi connectivity index (χ0) is 16.1. The smallest absolute Gasteiger partial charge is 0.0432 e. The van der Waals surface area contributed by atoms with Crippen LogP contribution < -0.4 is 0 Å². The van der Waals surface area contributed by atoms with Gasteiger partial charge in [-0.1, -0.05) is 0 Å². The third-order valence-electron chi connectivity index (χ3n) is 5.52. The van der Waals surface area contributed by atoms with Crippen LogP contribution >= 0.6 is 0 Å². The molecule has 0 unspecified atom stereocenters. The van der Waals surface area contributed by atoms with E-state index in [-0.39, 0.29) is 22.2 Å². The zero-order valence-corrected chi connectivity index (χ0v) is 15.5. The van der Waals surface area contributed by atoms with E-state index < -0.39 is 0 Å². The fraction of sp³-hybridized carbons (Fsp3) is 1.00. The Morgan fingerprint density at radius 2 is 0.762 bits per heavy atom. The molecule has 0 amide bonds. The summed E-state index contributed by atoms with van der Waals surface area (Å²) in [6, 6.07) is 0. The normalized spacial score (nSPS) is 32.0. The monoisotopic (exact) mass is 296 g/mol. The Morgan fingerprint density at radius 3 is 1.00 bits per heavy atom. The molecule has 3 nitrogen and oxygen atoms in total. The number of nitrogens with zero attached hydrogens (tertiary/aromatic N) is 2. The lowest BCUT2D eigenvalue weighted by atomic mass is 9.81. The van der Waals surface area contributed by atoms with Gasteiger partial charge < -0.3 is 0 Å². The number of hydroxylamine groups is 4. The molecule has 0 aliphatic carbocycles. The molecule has 0 aromatic rings. The van der Waals surface area contributed by atoms with Gasteiger partial charge in [0.2, 0.25) is 0 Å².